The van der Waals surface area contributed by atoms with Gasteiger partial charge in [-0.1, -0.05) is 0 Å². The van der Waals surface area contributed by atoms with Crippen molar-refractivity contribution in [2.45, 2.75) is 32.9 Å². The van der Waals surface area contributed by atoms with Gasteiger partial charge in [0.15, 0.2) is 0 Å². The first kappa shape index (κ1) is 21.7. The highest BCUT2D eigenvalue weighted by Crippen LogP contribution is 2.31. The van der Waals surface area contributed by atoms with Crippen LogP contribution >= 0.6 is 11.3 Å². The molecule has 1 aromatic heterocycles. The number of carbonyl (C=O) groups is 1. The Morgan fingerprint density at radius 3 is 2.59 bits per heavy atom. The van der Waals surface area contributed by atoms with E-state index in [1.54, 1.807) is 24.5 Å². The predicted molar refractivity (Wildman–Crippen MR) is 114 cm³/mol. The minimum absolute atomic E-state index is 0.0690. The van der Waals surface area contributed by atoms with Gasteiger partial charge in [-0.25, -0.2) is 9.37 Å². The van der Waals surface area contributed by atoms with E-state index >= 15 is 0 Å². The highest BCUT2D eigenvalue weighted by atomic mass is 32.1. The number of methoxy groups -OCH3 is 1. The monoisotopic (exact) mass is 420 g/mol. The van der Waals surface area contributed by atoms with E-state index in [4.69, 9.17) is 4.74 Å². The maximum Gasteiger partial charge on any atom is 0.234 e. The van der Waals surface area contributed by atoms with E-state index in [-0.39, 0.29) is 17.3 Å². The van der Waals surface area contributed by atoms with Gasteiger partial charge in [-0.05, 0) is 39.0 Å². The molecule has 0 spiro atoms. The number of carbonyl (C=O) groups excluding carboxylic acids is 1. The van der Waals surface area contributed by atoms with Crippen LogP contribution in [0.4, 0.5) is 4.39 Å². The zero-order valence-electron chi connectivity index (χ0n) is 17.5. The number of benzene rings is 1. The van der Waals surface area contributed by atoms with Gasteiger partial charge in [-0.2, -0.15) is 0 Å². The molecule has 2 heterocycles. The van der Waals surface area contributed by atoms with Crippen molar-refractivity contribution in [3.8, 4) is 17.0 Å². The maximum absolute atomic E-state index is 13.6. The number of aromatic nitrogens is 1. The number of thiazole rings is 1. The fourth-order valence-corrected chi connectivity index (χ4v) is 4.18. The summed E-state index contributed by atoms with van der Waals surface area (Å²) in [6.45, 7) is 10.7. The fraction of sp³-hybridized carbons (Fsp3) is 0.524. The Hall–Kier alpha value is -2.03. The summed E-state index contributed by atoms with van der Waals surface area (Å²) in [7, 11) is 1.57. The Morgan fingerprint density at radius 1 is 1.24 bits per heavy atom. The number of hydrogen-bond acceptors (Lipinski definition) is 6. The molecule has 1 amide bonds. The van der Waals surface area contributed by atoms with Gasteiger partial charge in [0.25, 0.3) is 0 Å². The Kier molecular flexibility index (Phi) is 6.87. The minimum Gasteiger partial charge on any atom is -0.496 e. The quantitative estimate of drug-likeness (QED) is 0.779. The van der Waals surface area contributed by atoms with E-state index in [2.05, 4.69) is 20.1 Å². The van der Waals surface area contributed by atoms with E-state index in [1.807, 2.05) is 26.2 Å². The molecule has 1 N–H and O–H groups in total. The molecule has 8 heteroatoms. The second-order valence-corrected chi connectivity index (χ2v) is 9.26. The zero-order chi connectivity index (χ0) is 21.0. The molecular formula is C21H29FN4O2S. The molecule has 1 fully saturated rings. The van der Waals surface area contributed by atoms with Gasteiger partial charge in [0.05, 0.1) is 25.9 Å². The van der Waals surface area contributed by atoms with Gasteiger partial charge >= 0.3 is 0 Å². The van der Waals surface area contributed by atoms with Gasteiger partial charge < -0.3 is 10.1 Å². The molecule has 0 aliphatic carbocycles. The average molecular weight is 421 g/mol. The second kappa shape index (κ2) is 9.19. The van der Waals surface area contributed by atoms with Crippen LogP contribution in [0.1, 0.15) is 25.8 Å². The zero-order valence-corrected chi connectivity index (χ0v) is 18.3. The lowest BCUT2D eigenvalue weighted by Gasteiger charge is -2.34. The van der Waals surface area contributed by atoms with Crippen LogP contribution in [0.15, 0.2) is 23.6 Å². The molecule has 0 atom stereocenters. The number of amides is 1. The lowest BCUT2D eigenvalue weighted by molar-refractivity contribution is -0.124. The smallest absolute Gasteiger partial charge is 0.234 e. The number of piperazine rings is 1. The Morgan fingerprint density at radius 2 is 1.93 bits per heavy atom. The van der Waals surface area contributed by atoms with Gasteiger partial charge in [0.1, 0.15) is 16.6 Å². The standard InChI is InChI=1S/C21H29FN4O2S/c1-21(2,3)24-19(27)12-25-7-9-26(10-8-25)13-20-23-17(14-29-20)16-11-15(22)5-6-18(16)28-4/h5-6,11,14H,7-10,12-13H2,1-4H3,(H,24,27). The Balaban J connectivity index is 1.53. The SMILES string of the molecule is COc1ccc(F)cc1-c1csc(CN2CCN(CC(=O)NC(C)(C)C)CC2)n1. The predicted octanol–water partition coefficient (Wildman–Crippen LogP) is 2.99. The molecule has 158 valence electrons. The molecule has 0 bridgehead atoms. The van der Waals surface area contributed by atoms with E-state index < -0.39 is 0 Å². The summed E-state index contributed by atoms with van der Waals surface area (Å²) in [4.78, 5) is 21.3. The van der Waals surface area contributed by atoms with Crippen LogP contribution in [0.25, 0.3) is 11.3 Å². The molecule has 1 aliphatic heterocycles. The van der Waals surface area contributed by atoms with Crippen LogP contribution < -0.4 is 10.1 Å². The van der Waals surface area contributed by atoms with Gasteiger partial charge in [-0.15, -0.1) is 11.3 Å². The number of nitrogens with one attached hydrogen (secondary N) is 1. The van der Waals surface area contributed by atoms with Crippen molar-refractivity contribution < 1.29 is 13.9 Å². The summed E-state index contributed by atoms with van der Waals surface area (Å²) in [5.74, 6) is 0.381. The molecule has 1 aliphatic rings. The Labute approximate surface area is 175 Å². The van der Waals surface area contributed by atoms with Gasteiger partial charge in [-0.3, -0.25) is 14.6 Å². The summed E-state index contributed by atoms with van der Waals surface area (Å²) in [6.07, 6.45) is 0. The largest absolute Gasteiger partial charge is 0.496 e. The fourth-order valence-electron chi connectivity index (χ4n) is 3.35. The third kappa shape index (κ3) is 6.22. The lowest BCUT2D eigenvalue weighted by atomic mass is 10.1. The number of nitrogens with zero attached hydrogens (tertiary/aromatic N) is 3. The van der Waals surface area contributed by atoms with Crippen molar-refractivity contribution in [2.75, 3.05) is 39.8 Å². The first-order valence-corrected chi connectivity index (χ1v) is 10.7. The number of rotatable bonds is 6. The molecule has 2 aromatic rings. The number of halogens is 1. The molecule has 0 unspecified atom stereocenters. The molecule has 29 heavy (non-hydrogen) atoms. The van der Waals surface area contributed by atoms with E-state index in [0.717, 1.165) is 43.4 Å². The highest BCUT2D eigenvalue weighted by Gasteiger charge is 2.22. The maximum atomic E-state index is 13.6. The van der Waals surface area contributed by atoms with Crippen LogP contribution in [-0.2, 0) is 11.3 Å². The molecule has 6 nitrogen and oxygen atoms in total. The topological polar surface area (TPSA) is 57.7 Å². The molecular weight excluding hydrogens is 391 g/mol. The summed E-state index contributed by atoms with van der Waals surface area (Å²) in [6, 6.07) is 4.47. The number of hydrogen-bond donors (Lipinski definition) is 1. The van der Waals surface area contributed by atoms with Crippen LogP contribution in [0.2, 0.25) is 0 Å². The normalized spacial score (nSPS) is 16.0. The van der Waals surface area contributed by atoms with E-state index in [0.29, 0.717) is 17.9 Å². The average Bonchev–Trinajstić information content (AvgIpc) is 3.10. The first-order chi connectivity index (χ1) is 13.7. The summed E-state index contributed by atoms with van der Waals surface area (Å²) >= 11 is 1.57. The van der Waals surface area contributed by atoms with Crippen molar-refractivity contribution in [3.63, 3.8) is 0 Å². The van der Waals surface area contributed by atoms with Crippen molar-refractivity contribution >= 4 is 17.2 Å². The Bertz CT molecular complexity index is 841. The van der Waals surface area contributed by atoms with E-state index in [1.165, 1.54) is 12.1 Å². The lowest BCUT2D eigenvalue weighted by Crippen LogP contribution is -2.51. The summed E-state index contributed by atoms with van der Waals surface area (Å²) in [5.41, 5.74) is 1.20. The van der Waals surface area contributed by atoms with Crippen molar-refractivity contribution in [2.24, 2.45) is 0 Å². The minimum atomic E-state index is -0.304. The van der Waals surface area contributed by atoms with Crippen molar-refractivity contribution in [1.82, 2.24) is 20.1 Å². The molecule has 3 rings (SSSR count). The van der Waals surface area contributed by atoms with Gasteiger partial charge in [0, 0.05) is 42.7 Å². The van der Waals surface area contributed by atoms with Crippen molar-refractivity contribution in [1.29, 1.82) is 0 Å². The van der Waals surface area contributed by atoms with Crippen LogP contribution in [0.3, 0.4) is 0 Å². The van der Waals surface area contributed by atoms with Crippen LogP contribution in [0, 0.1) is 5.82 Å². The van der Waals surface area contributed by atoms with Crippen molar-refractivity contribution in [3.05, 3.63) is 34.4 Å². The number of ether oxygens (including phenoxy) is 1. The van der Waals surface area contributed by atoms with Crippen LogP contribution in [0.5, 0.6) is 5.75 Å². The highest BCUT2D eigenvalue weighted by molar-refractivity contribution is 7.09. The van der Waals surface area contributed by atoms with E-state index in [9.17, 15) is 9.18 Å². The van der Waals surface area contributed by atoms with Gasteiger partial charge in [0.2, 0.25) is 5.91 Å². The third-order valence-electron chi connectivity index (χ3n) is 4.69. The molecule has 0 radical (unpaired) electrons. The first-order valence-electron chi connectivity index (χ1n) is 9.77. The molecule has 0 saturated carbocycles. The van der Waals surface area contributed by atoms with Crippen LogP contribution in [-0.4, -0.2) is 66.1 Å². The summed E-state index contributed by atoms with van der Waals surface area (Å²) < 4.78 is 19.0. The second-order valence-electron chi connectivity index (χ2n) is 8.32. The molecule has 1 aromatic carbocycles. The molecule has 1 saturated heterocycles. The third-order valence-corrected chi connectivity index (χ3v) is 5.53. The summed E-state index contributed by atoms with van der Waals surface area (Å²) in [5, 5.41) is 5.94.